The molecule has 2 aromatic heterocycles. The summed E-state index contributed by atoms with van der Waals surface area (Å²) in [4.78, 5) is 29.3. The highest BCUT2D eigenvalue weighted by Crippen LogP contribution is 2.32. The predicted octanol–water partition coefficient (Wildman–Crippen LogP) is 3.96. The summed E-state index contributed by atoms with van der Waals surface area (Å²) in [5.74, 6) is 0.563. The molecule has 3 aromatic rings. The lowest BCUT2D eigenvalue weighted by Crippen LogP contribution is -2.53. The van der Waals surface area contributed by atoms with Crippen molar-refractivity contribution in [3.63, 3.8) is 0 Å². The number of carbonyl (C=O) groups excluding carboxylic acids is 1. The van der Waals surface area contributed by atoms with Gasteiger partial charge in [0.2, 0.25) is 5.95 Å². The molecule has 5 rings (SSSR count). The number of hydrogen-bond acceptors (Lipinski definition) is 5. The molecular weight excluding hydrogens is 438 g/mol. The first-order chi connectivity index (χ1) is 16.1. The van der Waals surface area contributed by atoms with Gasteiger partial charge in [0.15, 0.2) is 0 Å². The number of carbonyl (C=O) groups is 1. The Labute approximate surface area is 198 Å². The molecule has 9 heteroatoms. The quantitative estimate of drug-likeness (QED) is 0.540. The zero-order valence-corrected chi connectivity index (χ0v) is 19.6. The van der Waals surface area contributed by atoms with Crippen molar-refractivity contribution in [3.8, 4) is 11.3 Å². The summed E-state index contributed by atoms with van der Waals surface area (Å²) in [7, 11) is 2.11. The van der Waals surface area contributed by atoms with E-state index in [0.29, 0.717) is 16.7 Å². The van der Waals surface area contributed by atoms with E-state index in [2.05, 4.69) is 38.6 Å². The molecule has 0 radical (unpaired) electrons. The molecule has 0 spiro atoms. The molecule has 2 amide bonds. The van der Waals surface area contributed by atoms with Crippen LogP contribution in [0.4, 0.5) is 10.7 Å². The van der Waals surface area contributed by atoms with Crippen molar-refractivity contribution >= 4 is 34.5 Å². The Morgan fingerprint density at radius 1 is 1.15 bits per heavy atom. The normalized spacial score (nSPS) is 20.2. The van der Waals surface area contributed by atoms with Crippen molar-refractivity contribution < 1.29 is 4.79 Å². The second-order valence-corrected chi connectivity index (χ2v) is 9.50. The standard InChI is InChI=1S/C24H30ClN7O/c1-31-10-4-5-17(15-31)29-24(33)32-11-8-16(9-12-32)28-23-27-14-20(25)22(30-23)19-13-26-21-7-3-2-6-18(19)21/h2-3,6-7,13-14,16-17,26H,4-5,8-12,15H2,1H3,(H,29,33)(H,27,28,30). The number of fused-ring (bicyclic) bond motifs is 1. The molecule has 1 aromatic carbocycles. The maximum atomic E-state index is 12.7. The number of aromatic nitrogens is 3. The Hall–Kier alpha value is -2.84. The third-order valence-corrected chi connectivity index (χ3v) is 6.93. The van der Waals surface area contributed by atoms with Crippen molar-refractivity contribution in [2.45, 2.75) is 37.8 Å². The lowest BCUT2D eigenvalue weighted by Gasteiger charge is -2.35. The van der Waals surface area contributed by atoms with Gasteiger partial charge in [-0.2, -0.15) is 0 Å². The highest BCUT2D eigenvalue weighted by molar-refractivity contribution is 6.33. The van der Waals surface area contributed by atoms with Gasteiger partial charge in [-0.3, -0.25) is 0 Å². The zero-order chi connectivity index (χ0) is 22.8. The SMILES string of the molecule is CN1CCCC(NC(=O)N2CCC(Nc3ncc(Cl)c(-c4c[nH]c5ccccc45)n3)CC2)C1. The molecule has 2 aliphatic heterocycles. The molecule has 174 valence electrons. The summed E-state index contributed by atoms with van der Waals surface area (Å²) in [6, 6.07) is 8.60. The third-order valence-electron chi connectivity index (χ3n) is 6.66. The van der Waals surface area contributed by atoms with E-state index in [4.69, 9.17) is 16.6 Å². The van der Waals surface area contributed by atoms with E-state index < -0.39 is 0 Å². The Morgan fingerprint density at radius 3 is 2.79 bits per heavy atom. The van der Waals surface area contributed by atoms with E-state index in [0.717, 1.165) is 68.3 Å². The lowest BCUT2D eigenvalue weighted by atomic mass is 10.0. The van der Waals surface area contributed by atoms with Crippen LogP contribution in [0, 0.1) is 0 Å². The number of aromatic amines is 1. The third kappa shape index (κ3) is 4.91. The van der Waals surface area contributed by atoms with Crippen molar-refractivity contribution in [1.29, 1.82) is 0 Å². The predicted molar refractivity (Wildman–Crippen MR) is 132 cm³/mol. The number of nitrogens with zero attached hydrogens (tertiary/aromatic N) is 4. The average molecular weight is 468 g/mol. The Morgan fingerprint density at radius 2 is 1.97 bits per heavy atom. The summed E-state index contributed by atoms with van der Waals surface area (Å²) >= 11 is 6.45. The van der Waals surface area contributed by atoms with Gasteiger partial charge < -0.3 is 25.4 Å². The summed E-state index contributed by atoms with van der Waals surface area (Å²) in [5, 5.41) is 8.25. The second-order valence-electron chi connectivity index (χ2n) is 9.09. The molecule has 1 atom stereocenters. The molecule has 2 aliphatic rings. The molecule has 2 fully saturated rings. The lowest BCUT2D eigenvalue weighted by molar-refractivity contribution is 0.167. The monoisotopic (exact) mass is 467 g/mol. The van der Waals surface area contributed by atoms with Gasteiger partial charge in [-0.15, -0.1) is 0 Å². The van der Waals surface area contributed by atoms with Crippen LogP contribution in [-0.4, -0.2) is 76.1 Å². The number of halogens is 1. The van der Waals surface area contributed by atoms with E-state index in [1.165, 1.54) is 0 Å². The molecule has 0 bridgehead atoms. The number of piperidine rings is 2. The van der Waals surface area contributed by atoms with Crippen LogP contribution in [0.2, 0.25) is 5.02 Å². The molecule has 3 N–H and O–H groups in total. The fourth-order valence-electron chi connectivity index (χ4n) is 4.85. The smallest absolute Gasteiger partial charge is 0.317 e. The minimum absolute atomic E-state index is 0.0538. The highest BCUT2D eigenvalue weighted by Gasteiger charge is 2.26. The van der Waals surface area contributed by atoms with E-state index >= 15 is 0 Å². The number of H-pyrrole nitrogens is 1. The maximum absolute atomic E-state index is 12.7. The number of likely N-dealkylation sites (tertiary alicyclic amines) is 2. The van der Waals surface area contributed by atoms with Crippen molar-refractivity contribution in [1.82, 2.24) is 30.1 Å². The number of amides is 2. The number of urea groups is 1. The molecular formula is C24H30ClN7O. The van der Waals surface area contributed by atoms with Gasteiger partial charge in [0.25, 0.3) is 0 Å². The fraction of sp³-hybridized carbons (Fsp3) is 0.458. The van der Waals surface area contributed by atoms with Crippen LogP contribution in [0.1, 0.15) is 25.7 Å². The molecule has 1 unspecified atom stereocenters. The Kier molecular flexibility index (Phi) is 6.37. The van der Waals surface area contributed by atoms with Crippen molar-refractivity contribution in [2.24, 2.45) is 0 Å². The number of likely N-dealkylation sites (N-methyl/N-ethyl adjacent to an activating group) is 1. The van der Waals surface area contributed by atoms with Gasteiger partial charge in [0.1, 0.15) is 0 Å². The zero-order valence-electron chi connectivity index (χ0n) is 18.9. The topological polar surface area (TPSA) is 89.2 Å². The van der Waals surface area contributed by atoms with E-state index in [-0.39, 0.29) is 18.1 Å². The summed E-state index contributed by atoms with van der Waals surface area (Å²) in [6.07, 6.45) is 7.48. The van der Waals surface area contributed by atoms with Crippen LogP contribution < -0.4 is 10.6 Å². The summed E-state index contributed by atoms with van der Waals surface area (Å²) in [5.41, 5.74) is 2.71. The number of hydrogen-bond donors (Lipinski definition) is 3. The molecule has 33 heavy (non-hydrogen) atoms. The molecule has 0 aliphatic carbocycles. The minimum atomic E-state index is 0.0538. The second kappa shape index (κ2) is 9.57. The van der Waals surface area contributed by atoms with Gasteiger partial charge >= 0.3 is 6.03 Å². The maximum Gasteiger partial charge on any atom is 0.317 e. The first-order valence-electron chi connectivity index (χ1n) is 11.7. The van der Waals surface area contributed by atoms with E-state index in [1.807, 2.05) is 29.3 Å². The number of anilines is 1. The van der Waals surface area contributed by atoms with E-state index in [1.54, 1.807) is 6.20 Å². The van der Waals surface area contributed by atoms with Crippen molar-refractivity contribution in [3.05, 3.63) is 41.7 Å². The number of para-hydroxylation sites is 1. The van der Waals surface area contributed by atoms with E-state index in [9.17, 15) is 4.79 Å². The van der Waals surface area contributed by atoms with Crippen LogP contribution in [0.15, 0.2) is 36.7 Å². The Balaban J connectivity index is 1.20. The van der Waals surface area contributed by atoms with Gasteiger partial charge in [0.05, 0.1) is 16.9 Å². The van der Waals surface area contributed by atoms with Gasteiger partial charge in [0, 0.05) is 54.4 Å². The summed E-state index contributed by atoms with van der Waals surface area (Å²) in [6.45, 7) is 3.47. The fourth-order valence-corrected chi connectivity index (χ4v) is 5.05. The van der Waals surface area contributed by atoms with Crippen LogP contribution in [-0.2, 0) is 0 Å². The first kappa shape index (κ1) is 22.0. The summed E-state index contributed by atoms with van der Waals surface area (Å²) < 4.78 is 0. The van der Waals surface area contributed by atoms with Crippen molar-refractivity contribution in [2.75, 3.05) is 38.5 Å². The first-order valence-corrected chi connectivity index (χ1v) is 12.0. The number of nitrogens with one attached hydrogen (secondary N) is 3. The minimum Gasteiger partial charge on any atom is -0.360 e. The molecule has 2 saturated heterocycles. The molecule has 8 nitrogen and oxygen atoms in total. The Bertz CT molecular complexity index is 1120. The van der Waals surface area contributed by atoms with Gasteiger partial charge in [-0.1, -0.05) is 29.8 Å². The average Bonchev–Trinajstić information content (AvgIpc) is 3.25. The largest absolute Gasteiger partial charge is 0.360 e. The van der Waals surface area contributed by atoms with Crippen LogP contribution in [0.3, 0.4) is 0 Å². The number of rotatable bonds is 4. The molecule has 0 saturated carbocycles. The van der Waals surface area contributed by atoms with Crippen LogP contribution >= 0.6 is 11.6 Å². The van der Waals surface area contributed by atoms with Crippen LogP contribution in [0.5, 0.6) is 0 Å². The van der Waals surface area contributed by atoms with Gasteiger partial charge in [-0.25, -0.2) is 14.8 Å². The van der Waals surface area contributed by atoms with Gasteiger partial charge in [-0.05, 0) is 45.3 Å². The number of benzene rings is 1. The van der Waals surface area contributed by atoms with Crippen LogP contribution in [0.25, 0.3) is 22.2 Å². The molecule has 4 heterocycles. The highest BCUT2D eigenvalue weighted by atomic mass is 35.5.